The zero-order valence-electron chi connectivity index (χ0n) is 12.2. The van der Waals surface area contributed by atoms with Gasteiger partial charge in [-0.15, -0.1) is 0 Å². The minimum Gasteiger partial charge on any atom is -0.496 e. The molecule has 1 aromatic rings. The second kappa shape index (κ2) is 6.64. The zero-order valence-corrected chi connectivity index (χ0v) is 12.2. The van der Waals surface area contributed by atoms with Gasteiger partial charge in [-0.05, 0) is 56.4 Å². The van der Waals surface area contributed by atoms with Crippen molar-refractivity contribution in [2.75, 3.05) is 32.2 Å². The number of ether oxygens (including phenoxy) is 1. The number of unbranched alkanes of at least 4 members (excludes halogenated alkanes) is 1. The van der Waals surface area contributed by atoms with Crippen LogP contribution in [-0.2, 0) is 0 Å². The summed E-state index contributed by atoms with van der Waals surface area (Å²) in [6.45, 7) is 7.55. The van der Waals surface area contributed by atoms with E-state index in [2.05, 4.69) is 38.8 Å². The van der Waals surface area contributed by atoms with Crippen LogP contribution >= 0.6 is 0 Å². The van der Waals surface area contributed by atoms with Gasteiger partial charge in [0.1, 0.15) is 5.75 Å². The molecular weight excluding hydrogens is 226 g/mol. The van der Waals surface area contributed by atoms with Crippen LogP contribution < -0.4 is 9.64 Å². The second-order valence-electron chi connectivity index (χ2n) is 4.85. The van der Waals surface area contributed by atoms with Crippen LogP contribution in [0.1, 0.15) is 29.5 Å². The van der Waals surface area contributed by atoms with Crippen LogP contribution in [0.4, 0.5) is 5.69 Å². The van der Waals surface area contributed by atoms with E-state index in [0.717, 1.165) is 25.1 Å². The van der Waals surface area contributed by atoms with E-state index in [4.69, 9.17) is 9.84 Å². The van der Waals surface area contributed by atoms with Crippen molar-refractivity contribution in [2.24, 2.45) is 0 Å². The number of rotatable bonds is 6. The van der Waals surface area contributed by atoms with Crippen molar-refractivity contribution >= 4 is 5.69 Å². The summed E-state index contributed by atoms with van der Waals surface area (Å²) in [6.07, 6.45) is 1.87. The quantitative estimate of drug-likeness (QED) is 0.789. The number of aliphatic hydroxyl groups excluding tert-OH is 1. The number of aliphatic hydroxyl groups is 1. The van der Waals surface area contributed by atoms with Crippen molar-refractivity contribution in [2.45, 2.75) is 33.6 Å². The van der Waals surface area contributed by atoms with Gasteiger partial charge < -0.3 is 14.7 Å². The van der Waals surface area contributed by atoms with Crippen LogP contribution in [0.15, 0.2) is 6.07 Å². The number of hydrogen-bond acceptors (Lipinski definition) is 3. The Kier molecular flexibility index (Phi) is 5.48. The molecule has 102 valence electrons. The van der Waals surface area contributed by atoms with Gasteiger partial charge in [0, 0.05) is 25.9 Å². The topological polar surface area (TPSA) is 32.7 Å². The Morgan fingerprint density at radius 2 is 1.83 bits per heavy atom. The van der Waals surface area contributed by atoms with Gasteiger partial charge in [-0.25, -0.2) is 0 Å². The number of nitrogens with zero attached hydrogens (tertiary/aromatic N) is 1. The number of anilines is 1. The van der Waals surface area contributed by atoms with E-state index in [0.29, 0.717) is 0 Å². The monoisotopic (exact) mass is 251 g/mol. The maximum atomic E-state index is 8.83. The molecule has 0 atom stereocenters. The SMILES string of the molecule is COc1c(C)cc(N(C)CCCCO)c(C)c1C. The molecule has 0 aliphatic carbocycles. The van der Waals surface area contributed by atoms with Gasteiger partial charge in [-0.1, -0.05) is 0 Å². The van der Waals surface area contributed by atoms with Gasteiger partial charge in [0.2, 0.25) is 0 Å². The van der Waals surface area contributed by atoms with Crippen LogP contribution in [0.2, 0.25) is 0 Å². The standard InChI is InChI=1S/C15H25NO2/c1-11-10-14(16(4)8-6-7-9-17)12(2)13(3)15(11)18-5/h10,17H,6-9H2,1-5H3. The molecular formula is C15H25NO2. The third-order valence-electron chi connectivity index (χ3n) is 3.52. The van der Waals surface area contributed by atoms with Gasteiger partial charge in [-0.3, -0.25) is 0 Å². The fourth-order valence-electron chi connectivity index (χ4n) is 2.33. The van der Waals surface area contributed by atoms with E-state index in [1.807, 2.05) is 0 Å². The molecule has 0 saturated carbocycles. The first kappa shape index (κ1) is 14.8. The molecule has 18 heavy (non-hydrogen) atoms. The molecule has 1 N–H and O–H groups in total. The van der Waals surface area contributed by atoms with Crippen LogP contribution in [-0.4, -0.2) is 32.4 Å². The Bertz CT molecular complexity index is 402. The Balaban J connectivity index is 2.96. The Morgan fingerprint density at radius 3 is 2.39 bits per heavy atom. The highest BCUT2D eigenvalue weighted by molar-refractivity contribution is 5.62. The molecule has 0 spiro atoms. The van der Waals surface area contributed by atoms with Crippen molar-refractivity contribution in [3.63, 3.8) is 0 Å². The predicted molar refractivity (Wildman–Crippen MR) is 76.8 cm³/mol. The normalized spacial score (nSPS) is 10.6. The Labute approximate surface area is 110 Å². The first-order valence-corrected chi connectivity index (χ1v) is 6.49. The molecule has 3 nitrogen and oxygen atoms in total. The fraction of sp³-hybridized carbons (Fsp3) is 0.600. The molecule has 0 amide bonds. The molecule has 0 fully saturated rings. The average molecular weight is 251 g/mol. The molecule has 1 aromatic carbocycles. The molecule has 1 rings (SSSR count). The molecule has 0 unspecified atom stereocenters. The lowest BCUT2D eigenvalue weighted by Crippen LogP contribution is -2.20. The number of methoxy groups -OCH3 is 1. The number of aryl methyl sites for hydroxylation is 1. The van der Waals surface area contributed by atoms with Gasteiger partial charge in [-0.2, -0.15) is 0 Å². The Hall–Kier alpha value is -1.22. The highest BCUT2D eigenvalue weighted by atomic mass is 16.5. The first-order chi connectivity index (χ1) is 8.52. The predicted octanol–water partition coefficient (Wildman–Crippen LogP) is 2.83. The zero-order chi connectivity index (χ0) is 13.7. The van der Waals surface area contributed by atoms with Crippen LogP contribution in [0.5, 0.6) is 5.75 Å². The largest absolute Gasteiger partial charge is 0.496 e. The van der Waals surface area contributed by atoms with Crippen molar-refractivity contribution in [1.82, 2.24) is 0 Å². The van der Waals surface area contributed by atoms with Crippen LogP contribution in [0.3, 0.4) is 0 Å². The molecule has 0 aliphatic heterocycles. The van der Waals surface area contributed by atoms with Gasteiger partial charge >= 0.3 is 0 Å². The van der Waals surface area contributed by atoms with Crippen molar-refractivity contribution < 1.29 is 9.84 Å². The summed E-state index contributed by atoms with van der Waals surface area (Å²) < 4.78 is 5.44. The smallest absolute Gasteiger partial charge is 0.125 e. The highest BCUT2D eigenvalue weighted by Gasteiger charge is 2.13. The van der Waals surface area contributed by atoms with Crippen molar-refractivity contribution in [3.8, 4) is 5.75 Å². The van der Waals surface area contributed by atoms with Gasteiger partial charge in [0.25, 0.3) is 0 Å². The molecule has 0 aliphatic rings. The summed E-state index contributed by atoms with van der Waals surface area (Å²) in [7, 11) is 3.82. The molecule has 0 aromatic heterocycles. The minimum absolute atomic E-state index is 0.271. The molecule has 0 saturated heterocycles. The maximum absolute atomic E-state index is 8.83. The van der Waals surface area contributed by atoms with Crippen LogP contribution in [0.25, 0.3) is 0 Å². The summed E-state index contributed by atoms with van der Waals surface area (Å²) >= 11 is 0. The van der Waals surface area contributed by atoms with Crippen LogP contribution in [0, 0.1) is 20.8 Å². The van der Waals surface area contributed by atoms with Gasteiger partial charge in [0.15, 0.2) is 0 Å². The van der Waals surface area contributed by atoms with E-state index in [-0.39, 0.29) is 6.61 Å². The molecule has 0 bridgehead atoms. The average Bonchev–Trinajstić information content (AvgIpc) is 2.34. The summed E-state index contributed by atoms with van der Waals surface area (Å²) in [5, 5.41) is 8.83. The molecule has 0 heterocycles. The van der Waals surface area contributed by atoms with E-state index in [1.54, 1.807) is 7.11 Å². The van der Waals surface area contributed by atoms with E-state index in [9.17, 15) is 0 Å². The lowest BCUT2D eigenvalue weighted by molar-refractivity contribution is 0.285. The van der Waals surface area contributed by atoms with Gasteiger partial charge in [0.05, 0.1) is 7.11 Å². The van der Waals surface area contributed by atoms with Crippen molar-refractivity contribution in [1.29, 1.82) is 0 Å². The van der Waals surface area contributed by atoms with Crippen molar-refractivity contribution in [3.05, 3.63) is 22.8 Å². The Morgan fingerprint density at radius 1 is 1.17 bits per heavy atom. The maximum Gasteiger partial charge on any atom is 0.125 e. The third kappa shape index (κ3) is 3.16. The summed E-state index contributed by atoms with van der Waals surface area (Å²) in [5.41, 5.74) is 4.90. The van der Waals surface area contributed by atoms with E-state index >= 15 is 0 Å². The third-order valence-corrected chi connectivity index (χ3v) is 3.52. The number of hydrogen-bond donors (Lipinski definition) is 1. The summed E-state index contributed by atoms with van der Waals surface area (Å²) in [6, 6.07) is 2.18. The highest BCUT2D eigenvalue weighted by Crippen LogP contribution is 2.33. The minimum atomic E-state index is 0.271. The molecule has 0 radical (unpaired) electrons. The van der Waals surface area contributed by atoms with E-state index in [1.165, 1.54) is 22.4 Å². The molecule has 3 heteroatoms. The van der Waals surface area contributed by atoms with E-state index < -0.39 is 0 Å². The fourth-order valence-corrected chi connectivity index (χ4v) is 2.33. The lowest BCUT2D eigenvalue weighted by atomic mass is 10.0. The first-order valence-electron chi connectivity index (χ1n) is 6.49. The number of benzene rings is 1. The summed E-state index contributed by atoms with van der Waals surface area (Å²) in [5.74, 6) is 0.986. The summed E-state index contributed by atoms with van der Waals surface area (Å²) in [4.78, 5) is 2.25. The lowest BCUT2D eigenvalue weighted by Gasteiger charge is -2.24. The second-order valence-corrected chi connectivity index (χ2v) is 4.85.